The van der Waals surface area contributed by atoms with Crippen molar-refractivity contribution in [3.63, 3.8) is 0 Å². The molecule has 0 aromatic heterocycles. The van der Waals surface area contributed by atoms with Crippen LogP contribution in [0.5, 0.6) is 0 Å². The van der Waals surface area contributed by atoms with E-state index < -0.39 is 0 Å². The van der Waals surface area contributed by atoms with Crippen LogP contribution in [0.2, 0.25) is 0 Å². The molecule has 0 bridgehead atoms. The Labute approximate surface area is 157 Å². The summed E-state index contributed by atoms with van der Waals surface area (Å²) < 4.78 is 5.64. The van der Waals surface area contributed by atoms with E-state index in [0.29, 0.717) is 6.61 Å². The molecule has 138 valence electrons. The molecule has 0 spiro atoms. The number of likely N-dealkylation sites (tertiary alicyclic amines) is 1. The van der Waals surface area contributed by atoms with E-state index in [1.165, 1.54) is 25.9 Å². The van der Waals surface area contributed by atoms with Crippen LogP contribution in [0.25, 0.3) is 0 Å². The summed E-state index contributed by atoms with van der Waals surface area (Å²) in [5.74, 6) is 0.0759. The van der Waals surface area contributed by atoms with Crippen molar-refractivity contribution in [2.24, 2.45) is 5.92 Å². The summed E-state index contributed by atoms with van der Waals surface area (Å²) in [4.78, 5) is 15.2. The second-order valence-electron chi connectivity index (χ2n) is 6.98. The number of allylic oxidation sites excluding steroid dienone is 2. The molecule has 3 nitrogen and oxygen atoms in total. The molecule has 1 aliphatic heterocycles. The Morgan fingerprint density at radius 3 is 2.60 bits per heavy atom. The minimum absolute atomic E-state index is 0. The number of hydrogen-bond donors (Lipinski definition) is 0. The third kappa shape index (κ3) is 5.86. The highest BCUT2D eigenvalue weighted by Crippen LogP contribution is 2.34. The minimum atomic E-state index is -0.150. The van der Waals surface area contributed by atoms with E-state index in [4.69, 9.17) is 4.74 Å². The zero-order valence-corrected chi connectivity index (χ0v) is 15.8. The van der Waals surface area contributed by atoms with Crippen molar-refractivity contribution in [1.82, 2.24) is 4.90 Å². The van der Waals surface area contributed by atoms with Crippen molar-refractivity contribution in [2.45, 2.75) is 44.4 Å². The summed E-state index contributed by atoms with van der Waals surface area (Å²) in [6, 6.07) is 10.1. The number of rotatable bonds is 8. The van der Waals surface area contributed by atoms with Crippen LogP contribution in [-0.2, 0) is 9.53 Å². The molecule has 1 saturated heterocycles. The Hall–Kier alpha value is -1.32. The second kappa shape index (κ2) is 10.6. The van der Waals surface area contributed by atoms with Gasteiger partial charge in [0, 0.05) is 0 Å². The van der Waals surface area contributed by atoms with Gasteiger partial charge in [-0.25, -0.2) is 0 Å². The van der Waals surface area contributed by atoms with Gasteiger partial charge in [0.1, 0.15) is 0 Å². The van der Waals surface area contributed by atoms with E-state index in [-0.39, 0.29) is 30.2 Å². The lowest BCUT2D eigenvalue weighted by atomic mass is 9.85. The maximum absolute atomic E-state index is 12.7. The topological polar surface area (TPSA) is 29.5 Å². The number of ether oxygens (including phenoxy) is 1. The van der Waals surface area contributed by atoms with Crippen molar-refractivity contribution >= 4 is 18.4 Å². The van der Waals surface area contributed by atoms with Crippen LogP contribution in [0.15, 0.2) is 42.5 Å². The summed E-state index contributed by atoms with van der Waals surface area (Å²) in [5, 5.41) is 0. The average Bonchev–Trinajstić information content (AvgIpc) is 3.30. The molecule has 2 unspecified atom stereocenters. The molecular formula is C21H30ClNO2. The summed E-state index contributed by atoms with van der Waals surface area (Å²) in [7, 11) is 0. The number of halogens is 1. The van der Waals surface area contributed by atoms with Gasteiger partial charge in [-0.3, -0.25) is 4.79 Å². The zero-order valence-electron chi connectivity index (χ0n) is 14.9. The van der Waals surface area contributed by atoms with Gasteiger partial charge in [0.15, 0.2) is 0 Å². The molecule has 1 heterocycles. The van der Waals surface area contributed by atoms with E-state index in [0.717, 1.165) is 37.8 Å². The van der Waals surface area contributed by atoms with Crippen LogP contribution in [0.4, 0.5) is 0 Å². The fourth-order valence-corrected chi connectivity index (χ4v) is 3.86. The first kappa shape index (κ1) is 20.0. The fraction of sp³-hybridized carbons (Fsp3) is 0.571. The summed E-state index contributed by atoms with van der Waals surface area (Å²) in [6.45, 7) is 4.17. The van der Waals surface area contributed by atoms with Crippen LogP contribution < -0.4 is 0 Å². The van der Waals surface area contributed by atoms with Crippen molar-refractivity contribution in [2.75, 3.05) is 26.2 Å². The van der Waals surface area contributed by atoms with Crippen molar-refractivity contribution < 1.29 is 9.53 Å². The Morgan fingerprint density at radius 2 is 1.92 bits per heavy atom. The number of carbonyl (C=O) groups is 1. The molecule has 2 aliphatic rings. The molecule has 0 saturated carbocycles. The van der Waals surface area contributed by atoms with E-state index in [1.54, 1.807) is 0 Å². The number of benzene rings is 1. The van der Waals surface area contributed by atoms with Crippen molar-refractivity contribution in [1.29, 1.82) is 0 Å². The molecule has 1 aromatic carbocycles. The number of hydrogen-bond acceptors (Lipinski definition) is 3. The predicted molar refractivity (Wildman–Crippen MR) is 104 cm³/mol. The maximum atomic E-state index is 12.7. The third-order valence-corrected chi connectivity index (χ3v) is 5.20. The minimum Gasteiger partial charge on any atom is -0.465 e. The van der Waals surface area contributed by atoms with E-state index in [2.05, 4.69) is 17.1 Å². The van der Waals surface area contributed by atoms with Gasteiger partial charge in [-0.05, 0) is 69.6 Å². The smallest absolute Gasteiger partial charge is 0.314 e. The molecule has 1 aromatic rings. The summed E-state index contributed by atoms with van der Waals surface area (Å²) >= 11 is 0. The van der Waals surface area contributed by atoms with Gasteiger partial charge >= 0.3 is 5.97 Å². The largest absolute Gasteiger partial charge is 0.465 e. The molecule has 0 radical (unpaired) electrons. The average molecular weight is 364 g/mol. The molecule has 1 fully saturated rings. The van der Waals surface area contributed by atoms with Crippen LogP contribution in [0.3, 0.4) is 0 Å². The van der Waals surface area contributed by atoms with Gasteiger partial charge in [0.25, 0.3) is 0 Å². The lowest BCUT2D eigenvalue weighted by Gasteiger charge is -2.21. The van der Waals surface area contributed by atoms with Crippen molar-refractivity contribution in [3.8, 4) is 0 Å². The monoisotopic (exact) mass is 363 g/mol. The van der Waals surface area contributed by atoms with Crippen LogP contribution in [-0.4, -0.2) is 37.1 Å². The number of carbonyl (C=O) groups excluding carboxylic acids is 1. The SMILES string of the molecule is Cl.O=C(OCCCCN1CCCC1)C(c1ccccc1)C1C=CCC1. The fourth-order valence-electron chi connectivity index (χ4n) is 3.86. The maximum Gasteiger partial charge on any atom is 0.314 e. The van der Waals surface area contributed by atoms with Gasteiger partial charge in [-0.2, -0.15) is 0 Å². The first-order valence-electron chi connectivity index (χ1n) is 9.45. The van der Waals surface area contributed by atoms with Crippen LogP contribution >= 0.6 is 12.4 Å². The molecule has 1 aliphatic carbocycles. The molecule has 3 rings (SSSR count). The third-order valence-electron chi connectivity index (χ3n) is 5.20. The Kier molecular flexibility index (Phi) is 8.50. The summed E-state index contributed by atoms with van der Waals surface area (Å²) in [5.41, 5.74) is 1.08. The van der Waals surface area contributed by atoms with E-state index >= 15 is 0 Å². The van der Waals surface area contributed by atoms with Crippen LogP contribution in [0.1, 0.15) is 50.0 Å². The van der Waals surface area contributed by atoms with Gasteiger partial charge < -0.3 is 9.64 Å². The number of unbranched alkanes of at least 4 members (excludes halogenated alkanes) is 1. The Bertz CT molecular complexity index is 540. The Balaban J connectivity index is 0.00000225. The molecule has 4 heteroatoms. The molecular weight excluding hydrogens is 334 g/mol. The Morgan fingerprint density at radius 1 is 1.16 bits per heavy atom. The van der Waals surface area contributed by atoms with Gasteiger partial charge in [0.2, 0.25) is 0 Å². The molecule has 25 heavy (non-hydrogen) atoms. The van der Waals surface area contributed by atoms with Gasteiger partial charge in [-0.15, -0.1) is 12.4 Å². The highest BCUT2D eigenvalue weighted by Gasteiger charge is 2.30. The molecule has 0 amide bonds. The lowest BCUT2D eigenvalue weighted by molar-refractivity contribution is -0.146. The van der Waals surface area contributed by atoms with Gasteiger partial charge in [-0.1, -0.05) is 42.5 Å². The normalized spacial score (nSPS) is 21.0. The molecule has 2 atom stereocenters. The zero-order chi connectivity index (χ0) is 16.6. The van der Waals surface area contributed by atoms with Crippen molar-refractivity contribution in [3.05, 3.63) is 48.0 Å². The first-order valence-corrected chi connectivity index (χ1v) is 9.45. The molecule has 0 N–H and O–H groups in total. The van der Waals surface area contributed by atoms with Gasteiger partial charge in [0.05, 0.1) is 12.5 Å². The summed E-state index contributed by atoms with van der Waals surface area (Å²) in [6.07, 6.45) is 11.2. The highest BCUT2D eigenvalue weighted by atomic mass is 35.5. The first-order chi connectivity index (χ1) is 11.8. The number of esters is 1. The lowest BCUT2D eigenvalue weighted by Crippen LogP contribution is -2.23. The van der Waals surface area contributed by atoms with E-state index in [9.17, 15) is 4.79 Å². The van der Waals surface area contributed by atoms with Crippen LogP contribution in [0, 0.1) is 5.92 Å². The highest BCUT2D eigenvalue weighted by molar-refractivity contribution is 5.85. The number of nitrogens with zero attached hydrogens (tertiary/aromatic N) is 1. The second-order valence-corrected chi connectivity index (χ2v) is 6.98. The predicted octanol–water partition coefficient (Wildman–Crippen LogP) is 4.58. The standard InChI is InChI=1S/C21H29NO2.ClH/c23-21(24-17-9-8-16-22-14-6-7-15-22)20(19-12-4-5-13-19)18-10-2-1-3-11-18;/h1-4,10-12,19-20H,5-9,13-17H2;1H. The quantitative estimate of drug-likeness (QED) is 0.384. The van der Waals surface area contributed by atoms with E-state index in [1.807, 2.05) is 30.3 Å².